The van der Waals surface area contributed by atoms with Crippen molar-refractivity contribution in [2.45, 2.75) is 67.6 Å². The van der Waals surface area contributed by atoms with E-state index in [0.29, 0.717) is 10.6 Å². The van der Waals surface area contributed by atoms with Crippen molar-refractivity contribution in [2.24, 2.45) is 0 Å². The zero-order valence-electron chi connectivity index (χ0n) is 70.1. The van der Waals surface area contributed by atoms with Gasteiger partial charge in [-0.25, -0.2) is 71.9 Å². The van der Waals surface area contributed by atoms with Gasteiger partial charge in [-0.1, -0.05) is 140 Å². The van der Waals surface area contributed by atoms with E-state index in [1.54, 1.807) is 56.3 Å². The number of nitro benzene ring substituents is 3. The van der Waals surface area contributed by atoms with E-state index >= 15 is 0 Å². The van der Waals surface area contributed by atoms with E-state index in [0.717, 1.165) is 88.9 Å². The molecule has 0 aliphatic carbocycles. The number of halogens is 1. The summed E-state index contributed by atoms with van der Waals surface area (Å²) >= 11 is 5.63. The second-order valence-corrected chi connectivity index (χ2v) is 23.5. The molecule has 2 unspecified atom stereocenters. The Morgan fingerprint density at radius 2 is 0.809 bits per heavy atom. The number of carbonyl (C=O) groups excluding carboxylic acids is 2. The number of para-hydroxylation sites is 1. The number of nitro groups is 3. The van der Waals surface area contributed by atoms with Crippen molar-refractivity contribution in [3.05, 3.63) is 322 Å². The van der Waals surface area contributed by atoms with Crippen LogP contribution in [-0.4, -0.2) is 239 Å². The highest BCUT2D eigenvalue weighted by molar-refractivity contribution is 6.31. The maximum atomic E-state index is 10.4. The summed E-state index contributed by atoms with van der Waals surface area (Å²) in [6.07, 6.45) is 10.1. The van der Waals surface area contributed by atoms with Crippen LogP contribution in [0.2, 0.25) is 5.02 Å². The highest BCUT2D eigenvalue weighted by Gasteiger charge is 2.18. The van der Waals surface area contributed by atoms with Gasteiger partial charge >= 0.3 is 89.5 Å². The molecule has 0 amide bonds. The SMILES string of the molecule is C/C(=C/c1ccccc1)C(=O)O.C/C=C\C(=O)O.C=C(C)C(=O)O.C=CC(=O)O.CC(=O)C(=O)O.CC(O)C(=O)O.Cc1cc(C)c(/C=C\C(=O)O)c(C)c1.O=C(O)/C=C\c1ccc(Cl)cc1.O=C(O)/C=C\c1ccccc1.O=C(O)C(O)CO.O=C(O)CO.O=C(O)c1ccc([N+](=O)[O-])cc1.O=C(O)c1cccc([N+](=O)[O-])c1.O=C(O)c1ccccc1[N+](=O)[O-].O=CC(=O)O. The Kier molecular flexibility index (Phi) is 76.1. The number of Topliss-reactive ketones (excluding diaryl/α,β-unsaturated/α-hetero) is 1. The van der Waals surface area contributed by atoms with Crippen LogP contribution in [0.25, 0.3) is 24.3 Å². The number of ketones is 1. The average Bonchev–Trinajstić information content (AvgIpc) is 0.856. The number of nitrogens with zero attached hydrogens (tertiary/aromatic N) is 3. The third-order valence-corrected chi connectivity index (χ3v) is 12.6. The number of allylic oxidation sites excluding steroid dienone is 1. The molecule has 19 N–H and O–H groups in total. The van der Waals surface area contributed by atoms with E-state index < -0.39 is 136 Å². The first-order valence-corrected chi connectivity index (χ1v) is 35.4. The van der Waals surface area contributed by atoms with Gasteiger partial charge in [-0.15, -0.1) is 0 Å². The minimum atomic E-state index is -1.63. The molecular weight excluding hydrogens is 1770 g/mol. The summed E-state index contributed by atoms with van der Waals surface area (Å²) in [7, 11) is 0. The third kappa shape index (κ3) is 81.9. The molecule has 0 radical (unpaired) electrons. The molecular formula is C85H92ClN3O42. The number of non-ortho nitro benzene ring substituents is 2. The van der Waals surface area contributed by atoms with Gasteiger partial charge in [0.15, 0.2) is 6.10 Å². The van der Waals surface area contributed by atoms with Crippen LogP contribution < -0.4 is 0 Å². The summed E-state index contributed by atoms with van der Waals surface area (Å²) in [5.41, 5.74) is 6.54. The summed E-state index contributed by atoms with van der Waals surface area (Å²) in [5, 5.41) is 183. The second-order valence-electron chi connectivity index (χ2n) is 23.0. The number of carbonyl (C=O) groups is 17. The first-order chi connectivity index (χ1) is 60.7. The molecule has 0 saturated heterocycles. The fourth-order valence-corrected chi connectivity index (χ4v) is 6.58. The van der Waals surface area contributed by atoms with Crippen molar-refractivity contribution < 1.29 is 193 Å². The van der Waals surface area contributed by atoms with Crippen molar-refractivity contribution in [2.75, 3.05) is 13.2 Å². The molecule has 7 rings (SSSR count). The molecule has 45 nitrogen and oxygen atoms in total. The first-order valence-electron chi connectivity index (χ1n) is 35.0. The number of hydrogen-bond acceptors (Lipinski definition) is 27. The molecule has 0 saturated carbocycles. The predicted octanol–water partition coefficient (Wildman–Crippen LogP) is 10.4. The molecule has 706 valence electrons. The van der Waals surface area contributed by atoms with E-state index in [-0.39, 0.29) is 45.6 Å². The molecule has 0 fully saturated rings. The van der Waals surface area contributed by atoms with Crippen molar-refractivity contribution in [3.8, 4) is 0 Å². The fourth-order valence-electron chi connectivity index (χ4n) is 6.46. The van der Waals surface area contributed by atoms with Gasteiger partial charge in [0, 0.05) is 83.8 Å². The van der Waals surface area contributed by atoms with Gasteiger partial charge < -0.3 is 97.0 Å². The largest absolute Gasteiger partial charge is 0.480 e. The van der Waals surface area contributed by atoms with Crippen LogP contribution in [0.1, 0.15) is 105 Å². The van der Waals surface area contributed by atoms with E-state index in [4.69, 9.17) is 123 Å². The standard InChI is InChI=1S/C12H14O2.C10H10O2.C9H7ClO2.C9H8O2.3C7H5NO4.2C4H6O2.C3H6O4.C3H6O3.C3H4O3.C3H4O2.C2H4O3.C2H2O3/c1-8-6-9(2)11(10(3)7-8)4-5-12(13)14;1-8(10(11)12)7-9-5-3-2-4-6-9;10-8-4-1-7(2-5-8)3-6-9(11)12;10-9(11)7-6-8-4-2-1-3-5-8;9-7(10)5-1-3-6(4-2-5)8(11)12;9-7(10)5-2-1-3-6(4-5)8(11)12;9-7(10)5-3-1-2-4-6(5)8(11)12;1-3(2)4(5)6;1-2-3-4(5)6;4-1-2(5)3(6)7;2*1-2(4)3(5)6;1-2-3(4)5;2*3-1-2(4)5/h4-7H,1-3H3,(H,13,14);2-7H,1H3,(H,11,12);1-6H,(H,11,12);1-7H,(H,10,11);3*1-4H,(H,9,10);1H2,2H3,(H,5,6);2-3H,1H3,(H,5,6);2,4-5H,1H2,(H,6,7);2,4H,1H3,(H,5,6);1H3,(H,5,6);2H,1H2,(H,4,5);3H,1H2,(H,4,5);1H,(H,4,5)/b5-4-;8-7-;6-3-;7-6-;;;;;3-2-;;;;;;. The summed E-state index contributed by atoms with van der Waals surface area (Å²) in [5.74, 6) is -17.4. The van der Waals surface area contributed by atoms with Gasteiger partial charge in [0.1, 0.15) is 18.3 Å². The van der Waals surface area contributed by atoms with Crippen molar-refractivity contribution in [1.29, 1.82) is 0 Å². The van der Waals surface area contributed by atoms with E-state index in [2.05, 4.69) is 25.3 Å². The number of aryl methyl sites for hydroxylation is 3. The van der Waals surface area contributed by atoms with Crippen LogP contribution >= 0.6 is 11.6 Å². The molecule has 0 bridgehead atoms. The van der Waals surface area contributed by atoms with Crippen LogP contribution in [0.15, 0.2) is 231 Å². The maximum Gasteiger partial charge on any atom is 0.371 e. The van der Waals surface area contributed by atoms with Crippen LogP contribution in [0, 0.1) is 51.1 Å². The van der Waals surface area contributed by atoms with Gasteiger partial charge in [-0.2, -0.15) is 0 Å². The minimum absolute atomic E-state index is 0.0422. The molecule has 7 aromatic carbocycles. The number of aldehydes is 1. The Labute approximate surface area is 747 Å². The van der Waals surface area contributed by atoms with Crippen molar-refractivity contribution >= 4 is 155 Å². The normalized spacial score (nSPS) is 9.79. The monoisotopic (exact) mass is 1860 g/mol. The molecule has 2 atom stereocenters. The summed E-state index contributed by atoms with van der Waals surface area (Å²) < 4.78 is 0. The van der Waals surface area contributed by atoms with Crippen LogP contribution in [0.4, 0.5) is 17.1 Å². The molecule has 0 aliphatic rings. The molecule has 131 heavy (non-hydrogen) atoms. The molecule has 7 aromatic rings. The second kappa shape index (κ2) is 77.3. The van der Waals surface area contributed by atoms with Crippen LogP contribution in [0.5, 0.6) is 0 Å². The maximum absolute atomic E-state index is 10.4. The van der Waals surface area contributed by atoms with Gasteiger partial charge in [-0.3, -0.25) is 39.9 Å². The average molecular weight is 1860 g/mol. The topological polar surface area (TPSA) is 804 Å². The molecule has 0 heterocycles. The highest BCUT2D eigenvalue weighted by Crippen LogP contribution is 2.20. The number of rotatable bonds is 23. The minimum Gasteiger partial charge on any atom is -0.480 e. The molecule has 46 heteroatoms. The molecule has 0 spiro atoms. The Morgan fingerprint density at radius 1 is 0.443 bits per heavy atom. The number of benzene rings is 7. The van der Waals surface area contributed by atoms with Gasteiger partial charge in [0.05, 0.1) is 32.5 Å². The zero-order valence-corrected chi connectivity index (χ0v) is 70.9. The Morgan fingerprint density at radius 3 is 1.08 bits per heavy atom. The van der Waals surface area contributed by atoms with Gasteiger partial charge in [0.25, 0.3) is 17.1 Å². The van der Waals surface area contributed by atoms with Crippen LogP contribution in [0.3, 0.4) is 0 Å². The van der Waals surface area contributed by atoms with E-state index in [1.165, 1.54) is 86.2 Å². The van der Waals surface area contributed by atoms with E-state index in [1.807, 2.05) is 81.4 Å². The van der Waals surface area contributed by atoms with Gasteiger partial charge in [0.2, 0.25) is 12.1 Å². The Bertz CT molecular complexity index is 4890. The number of carboxylic acid groups (broad SMARTS) is 15. The first kappa shape index (κ1) is 129. The lowest BCUT2D eigenvalue weighted by Crippen LogP contribution is -2.22. The fraction of sp³-hybridized carbons (Fsp3) is 0.141. The Balaban J connectivity index is -0.000000209. The number of aliphatic carboxylic acids is 12. The smallest absolute Gasteiger partial charge is 0.371 e. The lowest BCUT2D eigenvalue weighted by molar-refractivity contribution is -0.385. The number of carboxylic acids is 15. The van der Waals surface area contributed by atoms with Crippen molar-refractivity contribution in [1.82, 2.24) is 0 Å². The van der Waals surface area contributed by atoms with Gasteiger partial charge in [-0.05, 0) is 143 Å². The molecule has 0 aliphatic heterocycles. The summed E-state index contributed by atoms with van der Waals surface area (Å²) in [4.78, 5) is 194. The highest BCUT2D eigenvalue weighted by atomic mass is 35.5. The molecule has 0 aromatic heterocycles. The van der Waals surface area contributed by atoms with E-state index in [9.17, 15) is 97.5 Å². The Hall–Kier alpha value is -17.6. The quantitative estimate of drug-likeness (QED) is 0.00930. The summed E-state index contributed by atoms with van der Waals surface area (Å²) in [6, 6.07) is 44.5. The summed E-state index contributed by atoms with van der Waals surface area (Å²) in [6.45, 7) is 17.5. The lowest BCUT2D eigenvalue weighted by atomic mass is 9.99. The van der Waals surface area contributed by atoms with Crippen LogP contribution in [-0.2, 0) is 67.1 Å². The zero-order chi connectivity index (χ0) is 103. The number of hydrogen-bond donors (Lipinski definition) is 19. The number of aliphatic hydroxyl groups excluding tert-OH is 4. The number of aliphatic hydroxyl groups is 4. The third-order valence-electron chi connectivity index (χ3n) is 12.3. The predicted molar refractivity (Wildman–Crippen MR) is 466 cm³/mol. The van der Waals surface area contributed by atoms with Crippen molar-refractivity contribution in [3.63, 3.8) is 0 Å². The lowest BCUT2D eigenvalue weighted by Gasteiger charge is -2.06. The number of aromatic carboxylic acids is 3.